The van der Waals surface area contributed by atoms with Gasteiger partial charge in [-0.3, -0.25) is 19.2 Å². The van der Waals surface area contributed by atoms with Crippen molar-refractivity contribution in [2.75, 3.05) is 26.2 Å². The van der Waals surface area contributed by atoms with E-state index in [0.29, 0.717) is 47.7 Å². The minimum absolute atomic E-state index is 0.0360. The van der Waals surface area contributed by atoms with Crippen LogP contribution in [0, 0.1) is 11.8 Å². The van der Waals surface area contributed by atoms with Gasteiger partial charge < -0.3 is 29.6 Å². The highest BCUT2D eigenvalue weighted by atomic mass is 19.3. The highest BCUT2D eigenvalue weighted by Crippen LogP contribution is 2.54. The number of amides is 4. The van der Waals surface area contributed by atoms with Crippen LogP contribution in [0.2, 0.25) is 0 Å². The quantitative estimate of drug-likeness (QED) is 0.189. The Morgan fingerprint density at radius 2 is 0.862 bits per heavy atom. The number of likely N-dealkylation sites (tertiary alicyclic amines) is 4. The van der Waals surface area contributed by atoms with E-state index in [-0.39, 0.29) is 50.3 Å². The van der Waals surface area contributed by atoms with Crippen molar-refractivity contribution >= 4 is 23.6 Å². The molecule has 6 fully saturated rings. The Balaban J connectivity index is 0.784. The van der Waals surface area contributed by atoms with Crippen LogP contribution in [-0.4, -0.2) is 113 Å². The number of nitrogens with zero attached hydrogens (tertiary/aromatic N) is 6. The summed E-state index contributed by atoms with van der Waals surface area (Å²) in [7, 11) is 0. The third kappa shape index (κ3) is 6.63. The van der Waals surface area contributed by atoms with E-state index in [9.17, 15) is 36.7 Å². The molecule has 6 atom stereocenters. The van der Waals surface area contributed by atoms with Gasteiger partial charge in [0.1, 0.15) is 11.6 Å². The molecule has 6 aliphatic rings. The van der Waals surface area contributed by atoms with Crippen LogP contribution in [0.25, 0.3) is 33.6 Å². The number of piperidine rings is 4. The van der Waals surface area contributed by atoms with Gasteiger partial charge in [0.25, 0.3) is 11.8 Å². The molecule has 16 heteroatoms. The molecule has 4 aromatic rings. The van der Waals surface area contributed by atoms with Gasteiger partial charge in [-0.05, 0) is 48.6 Å². The van der Waals surface area contributed by atoms with E-state index in [2.05, 4.69) is 9.97 Å². The minimum atomic E-state index is -2.81. The number of hydrogen-bond acceptors (Lipinski definition) is 6. The average Bonchev–Trinajstić information content (AvgIpc) is 3.81. The highest BCUT2D eigenvalue weighted by molar-refractivity contribution is 6.35. The summed E-state index contributed by atoms with van der Waals surface area (Å²) < 4.78 is 54.7. The molecule has 4 aliphatic heterocycles. The zero-order valence-electron chi connectivity index (χ0n) is 31.6. The van der Waals surface area contributed by atoms with Crippen LogP contribution in [0.5, 0.6) is 0 Å². The topological polar surface area (TPSA) is 139 Å². The first kappa shape index (κ1) is 36.8. The first-order valence-corrected chi connectivity index (χ1v) is 20.1. The smallest absolute Gasteiger partial charge is 0.312 e. The molecule has 0 radical (unpaired) electrons. The number of carbonyl (C=O) groups is 4. The van der Waals surface area contributed by atoms with Crippen LogP contribution >= 0.6 is 0 Å². The second-order valence-corrected chi connectivity index (χ2v) is 16.8. The highest BCUT2D eigenvalue weighted by Gasteiger charge is 2.58. The summed E-state index contributed by atoms with van der Waals surface area (Å²) in [5.74, 6) is -6.57. The van der Waals surface area contributed by atoms with Crippen molar-refractivity contribution in [3.05, 3.63) is 72.6 Å². The summed E-state index contributed by atoms with van der Waals surface area (Å²) in [4.78, 5) is 74.8. The van der Waals surface area contributed by atoms with Crippen LogP contribution < -0.4 is 0 Å². The van der Waals surface area contributed by atoms with E-state index in [0.717, 1.165) is 35.1 Å². The molecular formula is C42H42F4N8O4. The molecule has 6 heterocycles. The Bertz CT molecular complexity index is 2110. The third-order valence-electron chi connectivity index (χ3n) is 13.1. The largest absolute Gasteiger partial charge is 0.346 e. The lowest BCUT2D eigenvalue weighted by atomic mass is 10.0. The number of carbonyl (C=O) groups excluding carboxylic acids is 4. The molecule has 2 saturated carbocycles. The van der Waals surface area contributed by atoms with Gasteiger partial charge in [0.05, 0.1) is 23.5 Å². The first-order chi connectivity index (χ1) is 27.8. The number of halogens is 4. The van der Waals surface area contributed by atoms with Crippen molar-refractivity contribution < 1.29 is 36.7 Å². The first-order valence-electron chi connectivity index (χ1n) is 20.1. The Hall–Kier alpha value is -5.54. The van der Waals surface area contributed by atoms with Crippen molar-refractivity contribution in [2.24, 2.45) is 11.8 Å². The molecule has 58 heavy (non-hydrogen) atoms. The molecule has 0 spiro atoms. The monoisotopic (exact) mass is 798 g/mol. The van der Waals surface area contributed by atoms with Crippen LogP contribution in [0.1, 0.15) is 75.1 Å². The van der Waals surface area contributed by atoms with Gasteiger partial charge in [0.2, 0.25) is 0 Å². The number of aromatic nitrogens is 4. The summed E-state index contributed by atoms with van der Waals surface area (Å²) in [6.45, 7) is -0.528. The Labute approximate surface area is 331 Å². The zero-order valence-corrected chi connectivity index (χ0v) is 31.6. The van der Waals surface area contributed by atoms with Crippen molar-refractivity contribution in [2.45, 2.75) is 87.4 Å². The summed E-state index contributed by atoms with van der Waals surface area (Å²) >= 11 is 0. The summed E-state index contributed by atoms with van der Waals surface area (Å²) in [6, 6.07) is 15.0. The zero-order chi connectivity index (χ0) is 40.1. The minimum Gasteiger partial charge on any atom is -0.346 e. The maximum atomic E-state index is 13.7. The van der Waals surface area contributed by atoms with Gasteiger partial charge in [0.15, 0.2) is 0 Å². The van der Waals surface area contributed by atoms with Gasteiger partial charge in [-0.1, -0.05) is 48.5 Å². The molecule has 4 saturated heterocycles. The van der Waals surface area contributed by atoms with Gasteiger partial charge in [0, 0.05) is 87.5 Å². The van der Waals surface area contributed by atoms with Crippen molar-refractivity contribution in [1.29, 1.82) is 0 Å². The standard InChI is InChI=1S/C42H42F4N8O4/c43-41(44)9-13-51(14-10-41)37(55)39(57)53-31-17-27(31)19-33(53)35-47-21-29(49-35)25-5-1-23(2-6-25)24-3-7-26(8-4-24)30-22-48-36(50-30)34-20-28-18-32(28)54(34)40(58)38(56)52-15-11-42(45,46)12-16-52/h1-8,21-22,27-28,31-34H,9-20H2,(H,47,49)(H,48,50)/t27-,28-,31-,32-,33?,34?/m0/s1. The molecule has 4 amide bonds. The summed E-state index contributed by atoms with van der Waals surface area (Å²) in [5.41, 5.74) is 5.10. The lowest BCUT2D eigenvalue weighted by molar-refractivity contribution is -0.156. The Kier molecular flexibility index (Phi) is 8.57. The Morgan fingerprint density at radius 3 is 1.22 bits per heavy atom. The lowest BCUT2D eigenvalue weighted by Gasteiger charge is -2.33. The molecule has 10 rings (SSSR count). The number of imidazole rings is 2. The molecule has 0 bridgehead atoms. The van der Waals surface area contributed by atoms with Gasteiger partial charge >= 0.3 is 23.6 Å². The average molecular weight is 799 g/mol. The molecule has 302 valence electrons. The summed E-state index contributed by atoms with van der Waals surface area (Å²) in [6.07, 6.45) is 4.87. The van der Waals surface area contributed by atoms with E-state index >= 15 is 0 Å². The number of aromatic amines is 2. The van der Waals surface area contributed by atoms with Crippen LogP contribution in [0.3, 0.4) is 0 Å². The van der Waals surface area contributed by atoms with E-state index in [1.807, 2.05) is 48.5 Å². The van der Waals surface area contributed by atoms with Gasteiger partial charge in [-0.25, -0.2) is 27.5 Å². The Morgan fingerprint density at radius 1 is 0.517 bits per heavy atom. The fourth-order valence-electron chi connectivity index (χ4n) is 9.53. The van der Waals surface area contributed by atoms with Crippen molar-refractivity contribution in [3.8, 4) is 33.6 Å². The maximum absolute atomic E-state index is 13.7. The SMILES string of the molecule is O=C(C(=O)N1C(c2nc(-c3ccc(-c4ccc(-c5c[nH]c(C6C[C@@H]7C[C@@H]7N6C(=O)C(=O)N6CCC(F)(F)CC6)n5)cc4)cc3)c[nH]2)C[C@@H]2C[C@@H]21)N1CCC(F)(F)CC1. The molecule has 2 aromatic heterocycles. The summed E-state index contributed by atoms with van der Waals surface area (Å²) in [5, 5.41) is 0. The number of nitrogens with one attached hydrogen (secondary N) is 2. The number of H-pyrrole nitrogens is 2. The maximum Gasteiger partial charge on any atom is 0.312 e. The van der Waals surface area contributed by atoms with Crippen LogP contribution in [0.15, 0.2) is 60.9 Å². The van der Waals surface area contributed by atoms with E-state index in [1.165, 1.54) is 9.80 Å². The molecule has 2 unspecified atom stereocenters. The number of benzene rings is 2. The van der Waals surface area contributed by atoms with Gasteiger partial charge in [-0.2, -0.15) is 0 Å². The molecule has 2 aliphatic carbocycles. The number of alkyl halides is 4. The molecule has 2 aromatic carbocycles. The normalized spacial score (nSPS) is 27.9. The van der Waals surface area contributed by atoms with Crippen molar-refractivity contribution in [1.82, 2.24) is 39.5 Å². The molecule has 2 N–H and O–H groups in total. The predicted octanol–water partition coefficient (Wildman–Crippen LogP) is 5.97. The van der Waals surface area contributed by atoms with Crippen molar-refractivity contribution in [3.63, 3.8) is 0 Å². The fraction of sp³-hybridized carbons (Fsp3) is 0.476. The van der Waals surface area contributed by atoms with Crippen LogP contribution in [-0.2, 0) is 19.2 Å². The lowest BCUT2D eigenvalue weighted by Crippen LogP contribution is -2.50. The van der Waals surface area contributed by atoms with E-state index in [4.69, 9.17) is 9.97 Å². The number of hydrogen-bond donors (Lipinski definition) is 2. The fourth-order valence-corrected chi connectivity index (χ4v) is 9.53. The van der Waals surface area contributed by atoms with E-state index in [1.54, 1.807) is 22.2 Å². The molecule has 12 nitrogen and oxygen atoms in total. The number of rotatable bonds is 5. The molecular weight excluding hydrogens is 757 g/mol. The second-order valence-electron chi connectivity index (χ2n) is 16.8. The van der Waals surface area contributed by atoms with E-state index < -0.39 is 61.2 Å². The second kappa shape index (κ2) is 13.5. The van der Waals surface area contributed by atoms with Gasteiger partial charge in [-0.15, -0.1) is 0 Å². The predicted molar refractivity (Wildman–Crippen MR) is 201 cm³/mol. The van der Waals surface area contributed by atoms with Crippen LogP contribution in [0.4, 0.5) is 17.6 Å². The number of fused-ring (bicyclic) bond motifs is 2. The third-order valence-corrected chi connectivity index (χ3v) is 13.1.